The molecular weight excluding hydrogens is 102 g/mol. The van der Waals surface area contributed by atoms with Crippen LogP contribution in [0, 0.1) is 0 Å². The second kappa shape index (κ2) is 4.38. The molecule has 0 amide bonds. The van der Waals surface area contributed by atoms with Crippen molar-refractivity contribution in [3.63, 3.8) is 0 Å². The smallest absolute Gasteiger partial charge is 0.113 e. The van der Waals surface area contributed by atoms with Crippen molar-refractivity contribution < 1.29 is 4.39 Å². The summed E-state index contributed by atoms with van der Waals surface area (Å²) in [5.74, 6) is 0. The highest BCUT2D eigenvalue weighted by atomic mass is 19.1. The van der Waals surface area contributed by atoms with Crippen LogP contribution in [0.2, 0.25) is 0 Å². The zero-order chi connectivity index (χ0) is 6.41. The third kappa shape index (κ3) is 3.41. The molecule has 0 saturated heterocycles. The number of halogens is 1. The maximum Gasteiger partial charge on any atom is 0.113 e. The lowest BCUT2D eigenvalue weighted by Crippen LogP contribution is -1.69. The summed E-state index contributed by atoms with van der Waals surface area (Å²) in [4.78, 5) is 0. The third-order valence-corrected chi connectivity index (χ3v) is 0.566. The van der Waals surface area contributed by atoms with E-state index in [2.05, 4.69) is 6.58 Å². The Balaban J connectivity index is 3.79. The van der Waals surface area contributed by atoms with Gasteiger partial charge in [0.2, 0.25) is 0 Å². The second-order valence-corrected chi connectivity index (χ2v) is 1.20. The monoisotopic (exact) mass is 108 g/mol. The Bertz CT molecular complexity index is 124. The van der Waals surface area contributed by atoms with Crippen LogP contribution in [0.15, 0.2) is 36.6 Å². The van der Waals surface area contributed by atoms with Crippen molar-refractivity contribution in [3.8, 4) is 0 Å². The van der Waals surface area contributed by atoms with Gasteiger partial charge in [0.25, 0.3) is 0 Å². The van der Waals surface area contributed by atoms with Crippen LogP contribution < -0.4 is 0 Å². The summed E-state index contributed by atoms with van der Waals surface area (Å²) < 4.78 is 11.2. The lowest BCUT2D eigenvalue weighted by Gasteiger charge is -1.81. The molecule has 2 radical (unpaired) electrons. The van der Waals surface area contributed by atoms with Crippen LogP contribution >= 0.6 is 0 Å². The van der Waals surface area contributed by atoms with Crippen LogP contribution in [-0.4, -0.2) is 7.85 Å². The van der Waals surface area contributed by atoms with Gasteiger partial charge in [-0.2, -0.15) is 0 Å². The maximum absolute atomic E-state index is 11.2. The highest BCUT2D eigenvalue weighted by molar-refractivity contribution is 6.23. The largest absolute Gasteiger partial charge is 0.216 e. The van der Waals surface area contributed by atoms with Crippen molar-refractivity contribution in [2.75, 3.05) is 0 Å². The average Bonchev–Trinajstić information content (AvgIpc) is 1.68. The summed E-state index contributed by atoms with van der Waals surface area (Å²) in [5, 5.41) is 0. The highest BCUT2D eigenvalue weighted by Gasteiger charge is 1.73. The molecule has 0 fully saturated rings. The summed E-state index contributed by atoms with van der Waals surface area (Å²) in [5.41, 5.74) is 0.363. The molecule has 0 nitrogen and oxygen atoms in total. The predicted molar refractivity (Wildman–Crippen MR) is 34.3 cm³/mol. The van der Waals surface area contributed by atoms with Crippen molar-refractivity contribution in [2.24, 2.45) is 0 Å². The summed E-state index contributed by atoms with van der Waals surface area (Å²) >= 11 is 0. The molecule has 0 unspecified atom stereocenters. The molecule has 0 aliphatic carbocycles. The first-order chi connectivity index (χ1) is 3.81. The lowest BCUT2D eigenvalue weighted by atomic mass is 9.96. The number of rotatable bonds is 2. The molecule has 0 saturated carbocycles. The SMILES string of the molecule is [B]C(=C/C=C)/C=C/F. The molecule has 2 heteroatoms. The third-order valence-electron chi connectivity index (χ3n) is 0.566. The van der Waals surface area contributed by atoms with Crippen molar-refractivity contribution in [1.29, 1.82) is 0 Å². The first kappa shape index (κ1) is 7.21. The fraction of sp³-hybridized carbons (Fsp3) is 0. The van der Waals surface area contributed by atoms with E-state index < -0.39 is 0 Å². The Labute approximate surface area is 49.8 Å². The Hall–Kier alpha value is -0.785. The number of allylic oxidation sites excluding steroid dienone is 4. The molecule has 0 aliphatic rings. The van der Waals surface area contributed by atoms with Gasteiger partial charge in [-0.1, -0.05) is 24.2 Å². The van der Waals surface area contributed by atoms with Gasteiger partial charge in [0, 0.05) is 0 Å². The van der Waals surface area contributed by atoms with Crippen LogP contribution in [-0.2, 0) is 0 Å². The minimum absolute atomic E-state index is 0.363. The van der Waals surface area contributed by atoms with Crippen LogP contribution in [0.3, 0.4) is 0 Å². The summed E-state index contributed by atoms with van der Waals surface area (Å²) in [6, 6.07) is 0. The van der Waals surface area contributed by atoms with E-state index >= 15 is 0 Å². The van der Waals surface area contributed by atoms with Gasteiger partial charge in [0.05, 0.1) is 6.33 Å². The normalized spacial score (nSPS) is 12.4. The van der Waals surface area contributed by atoms with E-state index in [1.807, 2.05) is 0 Å². The van der Waals surface area contributed by atoms with Crippen molar-refractivity contribution in [1.82, 2.24) is 0 Å². The quantitative estimate of drug-likeness (QED) is 0.373. The lowest BCUT2D eigenvalue weighted by molar-refractivity contribution is 0.721. The van der Waals surface area contributed by atoms with Gasteiger partial charge >= 0.3 is 0 Å². The summed E-state index contributed by atoms with van der Waals surface area (Å²) in [6.45, 7) is 3.37. The topological polar surface area (TPSA) is 0 Å². The minimum Gasteiger partial charge on any atom is -0.216 e. The Morgan fingerprint density at radius 2 is 2.25 bits per heavy atom. The molecule has 0 aliphatic heterocycles. The van der Waals surface area contributed by atoms with E-state index in [0.717, 1.165) is 6.08 Å². The van der Waals surface area contributed by atoms with Gasteiger partial charge in [-0.25, -0.2) is 4.39 Å². The molecule has 8 heavy (non-hydrogen) atoms. The fourth-order valence-corrected chi connectivity index (χ4v) is 0.264. The molecule has 0 N–H and O–H groups in total. The first-order valence-electron chi connectivity index (χ1n) is 2.16. The molecule has 0 heterocycles. The zero-order valence-corrected chi connectivity index (χ0v) is 4.47. The van der Waals surface area contributed by atoms with Crippen LogP contribution in [0.1, 0.15) is 0 Å². The average molecular weight is 108 g/mol. The van der Waals surface area contributed by atoms with Gasteiger partial charge in [-0.15, -0.1) is 0 Å². The molecule has 0 bridgehead atoms. The van der Waals surface area contributed by atoms with Crippen LogP contribution in [0.5, 0.6) is 0 Å². The zero-order valence-electron chi connectivity index (χ0n) is 4.47. The molecule has 0 aromatic carbocycles. The second-order valence-electron chi connectivity index (χ2n) is 1.20. The number of hydrogen-bond acceptors (Lipinski definition) is 0. The molecule has 0 aromatic heterocycles. The summed E-state index contributed by atoms with van der Waals surface area (Å²) in [7, 11) is 5.16. The fourth-order valence-electron chi connectivity index (χ4n) is 0.264. The Morgan fingerprint density at radius 1 is 1.62 bits per heavy atom. The highest BCUT2D eigenvalue weighted by Crippen LogP contribution is 1.89. The minimum atomic E-state index is 0.363. The van der Waals surface area contributed by atoms with Gasteiger partial charge in [-0.05, 0) is 6.08 Å². The van der Waals surface area contributed by atoms with Crippen molar-refractivity contribution >= 4 is 7.85 Å². The molecule has 0 spiro atoms. The maximum atomic E-state index is 11.2. The molecule has 0 rings (SSSR count). The number of hydrogen-bond donors (Lipinski definition) is 0. The molecule has 40 valence electrons. The van der Waals surface area contributed by atoms with Crippen LogP contribution in [0.4, 0.5) is 4.39 Å². The Kier molecular flexibility index (Phi) is 3.95. The van der Waals surface area contributed by atoms with Crippen molar-refractivity contribution in [3.05, 3.63) is 36.6 Å². The van der Waals surface area contributed by atoms with Gasteiger partial charge in [-0.3, -0.25) is 0 Å². The van der Waals surface area contributed by atoms with Crippen molar-refractivity contribution in [2.45, 2.75) is 0 Å². The van der Waals surface area contributed by atoms with E-state index in [4.69, 9.17) is 7.85 Å². The van der Waals surface area contributed by atoms with Crippen LogP contribution in [0.25, 0.3) is 0 Å². The van der Waals surface area contributed by atoms with E-state index in [9.17, 15) is 4.39 Å². The van der Waals surface area contributed by atoms with E-state index in [-0.39, 0.29) is 0 Å². The predicted octanol–water partition coefficient (Wildman–Crippen LogP) is 1.71. The van der Waals surface area contributed by atoms with E-state index in [0.29, 0.717) is 11.8 Å². The van der Waals surface area contributed by atoms with Gasteiger partial charge < -0.3 is 0 Å². The van der Waals surface area contributed by atoms with Gasteiger partial charge in [0.15, 0.2) is 0 Å². The molecule has 0 aromatic rings. The Morgan fingerprint density at radius 3 is 2.62 bits per heavy atom. The van der Waals surface area contributed by atoms with Gasteiger partial charge in [0.1, 0.15) is 7.85 Å². The standard InChI is InChI=1S/C6H6BF/c1-2-3-6(7)4-5-8/h2-5H,1H2/b5-4+,6-3+. The molecular formula is C6H6BF. The van der Waals surface area contributed by atoms with E-state index in [1.54, 1.807) is 0 Å². The summed E-state index contributed by atoms with van der Waals surface area (Å²) in [6.07, 6.45) is 4.54. The molecule has 0 atom stereocenters. The van der Waals surface area contributed by atoms with E-state index in [1.165, 1.54) is 12.2 Å². The first-order valence-corrected chi connectivity index (χ1v) is 2.16.